The molecule has 1 unspecified atom stereocenters. The number of carbonyl (C=O) groups is 1. The standard InChI is InChI=1S/C28H25F3N2O4S/c1-32-26(34)22-15-13-20(14-16-22)17-18-27(35,28(29,30)31)24-9-5-6-10-25(24)33(19-21-11-12-21)38(36,37)23-7-3-2-4-8-23/h2-10,13-16,21,35H,11-12,19H2,1H3,(H,32,34). The van der Waals surface area contributed by atoms with Crippen molar-refractivity contribution >= 4 is 21.6 Å². The molecule has 0 heterocycles. The van der Waals surface area contributed by atoms with E-state index in [-0.39, 0.29) is 40.1 Å². The average Bonchev–Trinajstić information content (AvgIpc) is 3.74. The van der Waals surface area contributed by atoms with Crippen LogP contribution in [0.25, 0.3) is 0 Å². The minimum Gasteiger partial charge on any atom is -0.366 e. The third-order valence-corrected chi connectivity index (χ3v) is 7.98. The summed E-state index contributed by atoms with van der Waals surface area (Å²) in [6.07, 6.45) is -3.77. The zero-order valence-electron chi connectivity index (χ0n) is 20.4. The van der Waals surface area contributed by atoms with Crippen LogP contribution < -0.4 is 9.62 Å². The third-order valence-electron chi connectivity index (χ3n) is 6.19. The predicted molar refractivity (Wildman–Crippen MR) is 137 cm³/mol. The van der Waals surface area contributed by atoms with E-state index >= 15 is 0 Å². The summed E-state index contributed by atoms with van der Waals surface area (Å²) in [5.41, 5.74) is -4.26. The lowest BCUT2D eigenvalue weighted by molar-refractivity contribution is -0.240. The Morgan fingerprint density at radius 3 is 2.18 bits per heavy atom. The molecule has 1 aliphatic carbocycles. The van der Waals surface area contributed by atoms with Gasteiger partial charge in [0, 0.05) is 30.3 Å². The lowest BCUT2D eigenvalue weighted by atomic mass is 9.91. The predicted octanol–water partition coefficient (Wildman–Crippen LogP) is 4.45. The summed E-state index contributed by atoms with van der Waals surface area (Å²) in [5.74, 6) is 3.91. The minimum absolute atomic E-state index is 0.00885. The number of aliphatic hydroxyl groups is 1. The smallest absolute Gasteiger partial charge is 0.366 e. The first-order valence-corrected chi connectivity index (χ1v) is 13.2. The normalized spacial score (nSPS) is 15.1. The zero-order chi connectivity index (χ0) is 27.6. The molecule has 1 saturated carbocycles. The number of alkyl halides is 3. The van der Waals surface area contributed by atoms with Gasteiger partial charge in [-0.25, -0.2) is 8.42 Å². The Hall–Kier alpha value is -3.81. The second-order valence-electron chi connectivity index (χ2n) is 8.92. The van der Waals surface area contributed by atoms with Crippen molar-refractivity contribution in [3.05, 3.63) is 95.6 Å². The SMILES string of the molecule is CNC(=O)c1ccc(C#CC(O)(c2ccccc2N(CC2CC2)S(=O)(=O)c2ccccc2)C(F)(F)F)cc1. The van der Waals surface area contributed by atoms with E-state index in [2.05, 4.69) is 11.2 Å². The summed E-state index contributed by atoms with van der Waals surface area (Å²) in [6.45, 7) is -0.0312. The van der Waals surface area contributed by atoms with Crippen LogP contribution >= 0.6 is 0 Å². The van der Waals surface area contributed by atoms with Gasteiger partial charge in [0.15, 0.2) is 0 Å². The largest absolute Gasteiger partial charge is 0.433 e. The van der Waals surface area contributed by atoms with E-state index < -0.39 is 27.4 Å². The van der Waals surface area contributed by atoms with Crippen molar-refractivity contribution in [2.45, 2.75) is 29.5 Å². The number of benzene rings is 3. The van der Waals surface area contributed by atoms with Crippen molar-refractivity contribution in [3.8, 4) is 11.8 Å². The van der Waals surface area contributed by atoms with E-state index in [9.17, 15) is 31.5 Å². The average molecular weight is 543 g/mol. The summed E-state index contributed by atoms with van der Waals surface area (Å²) in [7, 11) is -2.81. The van der Waals surface area contributed by atoms with Gasteiger partial charge < -0.3 is 10.4 Å². The second kappa shape index (κ2) is 10.5. The third kappa shape index (κ3) is 5.54. The van der Waals surface area contributed by atoms with Gasteiger partial charge in [-0.2, -0.15) is 13.2 Å². The van der Waals surface area contributed by atoms with Crippen LogP contribution in [-0.2, 0) is 15.6 Å². The first-order valence-electron chi connectivity index (χ1n) is 11.8. The van der Waals surface area contributed by atoms with Gasteiger partial charge in [0.25, 0.3) is 21.5 Å². The van der Waals surface area contributed by atoms with Crippen LogP contribution in [-0.4, -0.2) is 39.2 Å². The molecule has 4 rings (SSSR count). The number of para-hydroxylation sites is 1. The summed E-state index contributed by atoms with van der Waals surface area (Å²) in [6, 6.07) is 17.9. The van der Waals surface area contributed by atoms with Crippen molar-refractivity contribution in [2.75, 3.05) is 17.9 Å². The van der Waals surface area contributed by atoms with Crippen LogP contribution in [0, 0.1) is 17.8 Å². The molecule has 0 radical (unpaired) electrons. The molecular weight excluding hydrogens is 517 g/mol. The highest BCUT2D eigenvalue weighted by atomic mass is 32.2. The molecule has 0 aromatic heterocycles. The molecule has 1 atom stereocenters. The van der Waals surface area contributed by atoms with Crippen molar-refractivity contribution in [3.63, 3.8) is 0 Å². The molecule has 0 spiro atoms. The van der Waals surface area contributed by atoms with E-state index in [1.54, 1.807) is 6.07 Å². The van der Waals surface area contributed by atoms with Gasteiger partial charge in [0.2, 0.25) is 0 Å². The van der Waals surface area contributed by atoms with Crippen LogP contribution in [0.1, 0.15) is 34.3 Å². The van der Waals surface area contributed by atoms with E-state index in [0.29, 0.717) is 0 Å². The Labute approximate surface area is 219 Å². The molecule has 38 heavy (non-hydrogen) atoms. The number of hydrogen-bond donors (Lipinski definition) is 2. The van der Waals surface area contributed by atoms with Crippen molar-refractivity contribution in [1.82, 2.24) is 5.32 Å². The molecule has 0 bridgehead atoms. The van der Waals surface area contributed by atoms with Gasteiger partial charge in [-0.3, -0.25) is 9.10 Å². The Balaban J connectivity index is 1.83. The monoisotopic (exact) mass is 542 g/mol. The number of hydrogen-bond acceptors (Lipinski definition) is 4. The van der Waals surface area contributed by atoms with Crippen molar-refractivity contribution < 1.29 is 31.5 Å². The molecule has 1 amide bonds. The fourth-order valence-corrected chi connectivity index (χ4v) is 5.46. The van der Waals surface area contributed by atoms with Crippen molar-refractivity contribution in [1.29, 1.82) is 0 Å². The summed E-state index contributed by atoms with van der Waals surface area (Å²) < 4.78 is 71.6. The van der Waals surface area contributed by atoms with Gasteiger partial charge in [-0.05, 0) is 67.1 Å². The number of nitrogens with one attached hydrogen (secondary N) is 1. The number of nitrogens with zero attached hydrogens (tertiary/aromatic N) is 1. The Bertz CT molecular complexity index is 1480. The van der Waals surface area contributed by atoms with Crippen LogP contribution in [0.4, 0.5) is 18.9 Å². The van der Waals surface area contributed by atoms with Crippen LogP contribution in [0.2, 0.25) is 0 Å². The quantitative estimate of drug-likeness (QED) is 0.432. The molecule has 2 N–H and O–H groups in total. The lowest BCUT2D eigenvalue weighted by Crippen LogP contribution is -2.43. The van der Waals surface area contributed by atoms with E-state index in [4.69, 9.17) is 0 Å². The fraction of sp³-hybridized carbons (Fsp3) is 0.250. The lowest BCUT2D eigenvalue weighted by Gasteiger charge is -2.32. The Morgan fingerprint density at radius 2 is 1.61 bits per heavy atom. The summed E-state index contributed by atoms with van der Waals surface area (Å²) in [4.78, 5) is 11.7. The maximum absolute atomic E-state index is 14.5. The molecule has 198 valence electrons. The highest BCUT2D eigenvalue weighted by Crippen LogP contribution is 2.44. The molecule has 3 aromatic carbocycles. The number of carbonyl (C=O) groups excluding carboxylic acids is 1. The number of sulfonamides is 1. The second-order valence-corrected chi connectivity index (χ2v) is 10.8. The van der Waals surface area contributed by atoms with Crippen LogP contribution in [0.3, 0.4) is 0 Å². The van der Waals surface area contributed by atoms with Gasteiger partial charge in [-0.1, -0.05) is 42.3 Å². The molecule has 3 aromatic rings. The van der Waals surface area contributed by atoms with Gasteiger partial charge in [-0.15, -0.1) is 0 Å². The first-order chi connectivity index (χ1) is 18.0. The number of rotatable bonds is 7. The van der Waals surface area contributed by atoms with Gasteiger partial charge >= 0.3 is 6.18 Å². The molecule has 1 aliphatic rings. The molecule has 10 heteroatoms. The number of anilines is 1. The van der Waals surface area contributed by atoms with Crippen LogP contribution in [0.5, 0.6) is 0 Å². The van der Waals surface area contributed by atoms with E-state index in [1.807, 2.05) is 5.92 Å². The van der Waals surface area contributed by atoms with Crippen LogP contribution in [0.15, 0.2) is 83.8 Å². The van der Waals surface area contributed by atoms with Crippen molar-refractivity contribution in [2.24, 2.45) is 5.92 Å². The number of amides is 1. The maximum Gasteiger partial charge on any atom is 0.433 e. The fourth-order valence-electron chi connectivity index (χ4n) is 3.88. The Morgan fingerprint density at radius 1 is 1.00 bits per heavy atom. The maximum atomic E-state index is 14.5. The Kier molecular flexibility index (Phi) is 7.54. The molecular formula is C28H25F3N2O4S. The van der Waals surface area contributed by atoms with E-state index in [0.717, 1.165) is 23.2 Å². The summed E-state index contributed by atoms with van der Waals surface area (Å²) in [5, 5.41) is 13.5. The number of halogens is 3. The first kappa shape index (κ1) is 27.2. The van der Waals surface area contributed by atoms with Gasteiger partial charge in [0.05, 0.1) is 10.6 Å². The topological polar surface area (TPSA) is 86.7 Å². The van der Waals surface area contributed by atoms with Gasteiger partial charge in [0.1, 0.15) is 0 Å². The van der Waals surface area contributed by atoms with E-state index in [1.165, 1.54) is 73.8 Å². The molecule has 1 fully saturated rings. The highest BCUT2D eigenvalue weighted by molar-refractivity contribution is 7.92. The molecule has 6 nitrogen and oxygen atoms in total. The zero-order valence-corrected chi connectivity index (χ0v) is 21.2. The minimum atomic E-state index is -5.26. The summed E-state index contributed by atoms with van der Waals surface area (Å²) >= 11 is 0. The highest BCUT2D eigenvalue weighted by Gasteiger charge is 2.56. The molecule has 0 saturated heterocycles. The molecule has 0 aliphatic heterocycles.